The van der Waals surface area contributed by atoms with E-state index in [1.807, 2.05) is 0 Å². The van der Waals surface area contributed by atoms with E-state index >= 15 is 0 Å². The van der Waals surface area contributed by atoms with Crippen LogP contribution in [-0.2, 0) is 4.74 Å². The van der Waals surface area contributed by atoms with Crippen LogP contribution in [0.4, 0.5) is 16.6 Å². The van der Waals surface area contributed by atoms with Crippen molar-refractivity contribution in [2.24, 2.45) is 5.10 Å². The van der Waals surface area contributed by atoms with E-state index < -0.39 is 10.9 Å². The summed E-state index contributed by atoms with van der Waals surface area (Å²) in [4.78, 5) is 25.7. The minimum absolute atomic E-state index is 0.0663. The van der Waals surface area contributed by atoms with E-state index in [9.17, 15) is 14.9 Å². The summed E-state index contributed by atoms with van der Waals surface area (Å²) in [6, 6.07) is 3.85. The van der Waals surface area contributed by atoms with Gasteiger partial charge in [0, 0.05) is 23.1 Å². The van der Waals surface area contributed by atoms with Crippen LogP contribution in [0.15, 0.2) is 28.7 Å². The second-order valence-corrected chi connectivity index (χ2v) is 4.87. The number of esters is 1. The zero-order valence-corrected chi connectivity index (χ0v) is 12.2. The van der Waals surface area contributed by atoms with Gasteiger partial charge in [0.2, 0.25) is 5.13 Å². The van der Waals surface area contributed by atoms with Crippen LogP contribution in [0.5, 0.6) is 0 Å². The molecule has 0 saturated heterocycles. The van der Waals surface area contributed by atoms with Crippen LogP contribution in [-0.4, -0.2) is 29.2 Å². The highest BCUT2D eigenvalue weighted by Crippen LogP contribution is 2.18. The van der Waals surface area contributed by atoms with Gasteiger partial charge in [0.1, 0.15) is 5.82 Å². The lowest BCUT2D eigenvalue weighted by Crippen LogP contribution is -2.03. The number of benzene rings is 1. The van der Waals surface area contributed by atoms with Crippen molar-refractivity contribution in [1.29, 1.82) is 0 Å². The first-order chi connectivity index (χ1) is 10.5. The lowest BCUT2D eigenvalue weighted by Gasteiger charge is -2.01. The number of hydrazone groups is 1. The van der Waals surface area contributed by atoms with Gasteiger partial charge in [-0.3, -0.25) is 15.5 Å². The van der Waals surface area contributed by atoms with Crippen molar-refractivity contribution in [2.75, 3.05) is 18.3 Å². The molecule has 0 amide bonds. The van der Waals surface area contributed by atoms with Crippen molar-refractivity contribution in [3.05, 3.63) is 44.8 Å². The third kappa shape index (κ3) is 3.76. The molecule has 0 aliphatic carbocycles. The van der Waals surface area contributed by atoms with Gasteiger partial charge >= 0.3 is 5.97 Å². The molecule has 2 aromatic rings. The first-order valence-corrected chi connectivity index (χ1v) is 6.75. The maximum Gasteiger partial charge on any atom is 0.338 e. The highest BCUT2D eigenvalue weighted by Gasteiger charge is 2.14. The monoisotopic (exact) mass is 321 g/mol. The number of non-ortho nitro benzene ring substituents is 1. The average Bonchev–Trinajstić information content (AvgIpc) is 2.91. The average molecular weight is 321 g/mol. The Balaban J connectivity index is 2.23. The topological polar surface area (TPSA) is 133 Å². The number of nitrogen functional groups attached to an aromatic ring is 1. The van der Waals surface area contributed by atoms with E-state index in [0.717, 1.165) is 6.07 Å². The maximum atomic E-state index is 11.5. The summed E-state index contributed by atoms with van der Waals surface area (Å²) >= 11 is 1.26. The van der Waals surface area contributed by atoms with Crippen molar-refractivity contribution in [2.45, 2.75) is 0 Å². The number of rotatable bonds is 5. The summed E-state index contributed by atoms with van der Waals surface area (Å²) in [5.41, 5.74) is 8.30. The maximum absolute atomic E-state index is 11.5. The number of carbonyl (C=O) groups excluding carboxylic acids is 1. The molecule has 1 aromatic carbocycles. The number of ether oxygens (including phenoxy) is 1. The van der Waals surface area contributed by atoms with Crippen molar-refractivity contribution in [3.8, 4) is 0 Å². The number of hydrogen-bond donors (Lipinski definition) is 2. The molecule has 0 radical (unpaired) electrons. The Morgan fingerprint density at radius 1 is 1.55 bits per heavy atom. The molecule has 2 rings (SSSR count). The number of nitro groups is 1. The van der Waals surface area contributed by atoms with E-state index in [1.165, 1.54) is 36.8 Å². The Morgan fingerprint density at radius 3 is 2.91 bits per heavy atom. The third-order valence-electron chi connectivity index (χ3n) is 2.47. The van der Waals surface area contributed by atoms with Crippen LogP contribution in [0.2, 0.25) is 0 Å². The molecule has 0 atom stereocenters. The first kappa shape index (κ1) is 15.4. The van der Waals surface area contributed by atoms with Crippen molar-refractivity contribution >= 4 is 40.2 Å². The quantitative estimate of drug-likeness (QED) is 0.371. The van der Waals surface area contributed by atoms with Gasteiger partial charge in [-0.2, -0.15) is 5.10 Å². The number of nitrogens with two attached hydrogens (primary N) is 1. The highest BCUT2D eigenvalue weighted by molar-refractivity contribution is 7.14. The summed E-state index contributed by atoms with van der Waals surface area (Å²) in [5, 5.41) is 16.9. The number of thiazole rings is 1. The largest absolute Gasteiger partial charge is 0.465 e. The SMILES string of the molecule is COC(=O)c1cc(C=NNc2nc(N)cs2)cc([N+](=O)[O-])c1. The number of nitro benzene ring substituents is 1. The van der Waals surface area contributed by atoms with Gasteiger partial charge in [0.25, 0.3) is 5.69 Å². The van der Waals surface area contributed by atoms with Gasteiger partial charge in [-0.1, -0.05) is 0 Å². The standard InChI is InChI=1S/C12H11N5O4S/c1-21-11(18)8-2-7(3-9(4-8)17(19)20)5-14-16-12-15-10(13)6-22-12/h2-6H,13H2,1H3,(H,15,16). The number of nitrogens with one attached hydrogen (secondary N) is 1. The molecule has 0 aliphatic rings. The summed E-state index contributed by atoms with van der Waals surface area (Å²) in [6.45, 7) is 0. The second-order valence-electron chi connectivity index (χ2n) is 4.01. The summed E-state index contributed by atoms with van der Waals surface area (Å²) in [5.74, 6) is -0.301. The van der Waals surface area contributed by atoms with Crippen LogP contribution in [0.1, 0.15) is 15.9 Å². The number of anilines is 2. The number of hydrogen-bond acceptors (Lipinski definition) is 9. The Morgan fingerprint density at radius 2 is 2.32 bits per heavy atom. The van der Waals surface area contributed by atoms with Gasteiger partial charge < -0.3 is 10.5 Å². The molecule has 1 heterocycles. The molecular formula is C12H11N5O4S. The molecule has 0 bridgehead atoms. The number of methoxy groups -OCH3 is 1. The Labute approximate surface area is 128 Å². The van der Waals surface area contributed by atoms with Gasteiger partial charge in [0.05, 0.1) is 23.8 Å². The molecule has 1 aromatic heterocycles. The highest BCUT2D eigenvalue weighted by atomic mass is 32.1. The van der Waals surface area contributed by atoms with Crippen LogP contribution < -0.4 is 11.2 Å². The minimum Gasteiger partial charge on any atom is -0.465 e. The van der Waals surface area contributed by atoms with Crippen molar-refractivity contribution in [1.82, 2.24) is 4.98 Å². The molecule has 9 nitrogen and oxygen atoms in total. The van der Waals surface area contributed by atoms with E-state index in [-0.39, 0.29) is 11.3 Å². The van der Waals surface area contributed by atoms with Crippen LogP contribution >= 0.6 is 11.3 Å². The molecule has 10 heteroatoms. The Kier molecular flexibility index (Phi) is 4.63. The van der Waals surface area contributed by atoms with E-state index in [0.29, 0.717) is 16.5 Å². The number of nitrogens with zero attached hydrogens (tertiary/aromatic N) is 3. The van der Waals surface area contributed by atoms with Gasteiger partial charge in [0.15, 0.2) is 0 Å². The molecule has 0 aliphatic heterocycles. The first-order valence-electron chi connectivity index (χ1n) is 5.87. The van der Waals surface area contributed by atoms with E-state index in [1.54, 1.807) is 5.38 Å². The normalized spacial score (nSPS) is 10.6. The molecule has 0 unspecified atom stereocenters. The van der Waals surface area contributed by atoms with Gasteiger partial charge in [-0.25, -0.2) is 9.78 Å². The Hall–Kier alpha value is -3.01. The van der Waals surface area contributed by atoms with Crippen molar-refractivity contribution in [3.63, 3.8) is 0 Å². The summed E-state index contributed by atoms with van der Waals surface area (Å²) in [6.07, 6.45) is 1.33. The zero-order chi connectivity index (χ0) is 16.1. The van der Waals surface area contributed by atoms with Gasteiger partial charge in [-0.15, -0.1) is 11.3 Å². The molecular weight excluding hydrogens is 310 g/mol. The minimum atomic E-state index is -0.668. The summed E-state index contributed by atoms with van der Waals surface area (Å²) < 4.78 is 4.56. The van der Waals surface area contributed by atoms with Crippen LogP contribution in [0.25, 0.3) is 0 Å². The fraction of sp³-hybridized carbons (Fsp3) is 0.0833. The van der Waals surface area contributed by atoms with E-state index in [4.69, 9.17) is 5.73 Å². The molecule has 0 saturated carbocycles. The lowest BCUT2D eigenvalue weighted by molar-refractivity contribution is -0.384. The molecule has 0 spiro atoms. The number of aromatic nitrogens is 1. The second kappa shape index (κ2) is 6.63. The molecule has 0 fully saturated rings. The van der Waals surface area contributed by atoms with Crippen molar-refractivity contribution < 1.29 is 14.5 Å². The molecule has 3 N–H and O–H groups in total. The fourth-order valence-electron chi connectivity index (χ4n) is 1.55. The lowest BCUT2D eigenvalue weighted by atomic mass is 10.1. The van der Waals surface area contributed by atoms with Crippen LogP contribution in [0.3, 0.4) is 0 Å². The van der Waals surface area contributed by atoms with E-state index in [2.05, 4.69) is 20.2 Å². The fourth-order valence-corrected chi connectivity index (χ4v) is 2.10. The predicted molar refractivity (Wildman–Crippen MR) is 82.2 cm³/mol. The predicted octanol–water partition coefficient (Wildman–Crippen LogP) is 1.87. The molecule has 22 heavy (non-hydrogen) atoms. The molecule has 114 valence electrons. The Bertz CT molecular complexity index is 743. The zero-order valence-electron chi connectivity index (χ0n) is 11.3. The smallest absolute Gasteiger partial charge is 0.338 e. The third-order valence-corrected chi connectivity index (χ3v) is 3.23. The van der Waals surface area contributed by atoms with Crippen LogP contribution in [0, 0.1) is 10.1 Å². The number of carbonyl (C=O) groups is 1. The van der Waals surface area contributed by atoms with Gasteiger partial charge in [-0.05, 0) is 6.07 Å². The summed E-state index contributed by atoms with van der Waals surface area (Å²) in [7, 11) is 1.20.